The molecule has 1 heteroatoms. The largest absolute Gasteiger partial charge is 0.373 e. The van der Waals surface area contributed by atoms with Gasteiger partial charge in [0, 0.05) is 0 Å². The second-order valence-electron chi connectivity index (χ2n) is 3.20. The van der Waals surface area contributed by atoms with E-state index >= 15 is 0 Å². The van der Waals surface area contributed by atoms with Crippen LogP contribution in [-0.4, -0.2) is 12.7 Å². The van der Waals surface area contributed by atoms with Crippen LogP contribution in [-0.2, 0) is 4.74 Å². The first-order valence-electron chi connectivity index (χ1n) is 5.58. The summed E-state index contributed by atoms with van der Waals surface area (Å²) in [7, 11) is 0. The number of rotatable bonds is 2. The van der Waals surface area contributed by atoms with E-state index in [2.05, 4.69) is 20.8 Å². The van der Waals surface area contributed by atoms with Crippen molar-refractivity contribution >= 4 is 0 Å². The van der Waals surface area contributed by atoms with Gasteiger partial charge in [-0.3, -0.25) is 0 Å². The summed E-state index contributed by atoms with van der Waals surface area (Å²) in [6.45, 7) is 11.4. The molecule has 0 N–H and O–H groups in total. The number of allylic oxidation sites excluding steroid dienone is 4. The van der Waals surface area contributed by atoms with Crippen LogP contribution in [0.15, 0.2) is 24.3 Å². The lowest BCUT2D eigenvalue weighted by molar-refractivity contribution is 0.423. The van der Waals surface area contributed by atoms with E-state index in [0.29, 0.717) is 6.10 Å². The molecule has 0 saturated carbocycles. The summed E-state index contributed by atoms with van der Waals surface area (Å²) < 4.78 is 4.71. The van der Waals surface area contributed by atoms with E-state index in [1.165, 1.54) is 12.8 Å². The van der Waals surface area contributed by atoms with Gasteiger partial charge < -0.3 is 4.74 Å². The van der Waals surface area contributed by atoms with Crippen molar-refractivity contribution in [1.29, 1.82) is 0 Å². The molecule has 0 aliphatic carbocycles. The van der Waals surface area contributed by atoms with Gasteiger partial charge in [0.2, 0.25) is 0 Å². The number of epoxide rings is 1. The molecule has 1 atom stereocenters. The first-order chi connectivity index (χ1) is 6.72. The predicted octanol–water partition coefficient (Wildman–Crippen LogP) is 4.99. The average molecular weight is 214 g/mol. The summed E-state index contributed by atoms with van der Waals surface area (Å²) in [6.07, 6.45) is 11.2. The van der Waals surface area contributed by atoms with Crippen LogP contribution in [0.25, 0.3) is 0 Å². The molecule has 1 rings (SSSR count). The highest BCUT2D eigenvalue weighted by Crippen LogP contribution is 2.04. The molecule has 1 unspecified atom stereocenters. The van der Waals surface area contributed by atoms with Gasteiger partial charge in [-0.2, -0.15) is 0 Å². The molecular weight excluding hydrogens is 184 g/mol. The van der Waals surface area contributed by atoms with Gasteiger partial charge in [-0.25, -0.2) is 0 Å². The Morgan fingerprint density at radius 2 is 1.33 bits per heavy atom. The fraction of sp³-hybridized carbons (Fsp3) is 0.714. The number of hydrogen-bond acceptors (Lipinski definition) is 1. The molecule has 0 spiro atoms. The second-order valence-corrected chi connectivity index (χ2v) is 3.20. The molecule has 0 aromatic carbocycles. The minimum absolute atomic E-state index is 0. The highest BCUT2D eigenvalue weighted by atomic mass is 16.6. The van der Waals surface area contributed by atoms with E-state index in [-0.39, 0.29) is 7.43 Å². The van der Waals surface area contributed by atoms with Crippen molar-refractivity contribution in [3.8, 4) is 0 Å². The van der Waals surface area contributed by atoms with Crippen molar-refractivity contribution in [3.05, 3.63) is 24.3 Å². The van der Waals surface area contributed by atoms with Gasteiger partial charge in [-0.15, -0.1) is 0 Å². The second kappa shape index (κ2) is 19.1. The molecule has 1 saturated heterocycles. The topological polar surface area (TPSA) is 12.5 Å². The lowest BCUT2D eigenvalue weighted by atomic mass is 10.4. The van der Waals surface area contributed by atoms with Crippen molar-refractivity contribution in [2.24, 2.45) is 0 Å². The summed E-state index contributed by atoms with van der Waals surface area (Å²) >= 11 is 0. The molecule has 0 aromatic heterocycles. The van der Waals surface area contributed by atoms with Crippen molar-refractivity contribution < 1.29 is 4.74 Å². The zero-order valence-electron chi connectivity index (χ0n) is 10.4. The zero-order chi connectivity index (χ0) is 11.2. The van der Waals surface area contributed by atoms with Crippen LogP contribution in [0.1, 0.15) is 54.9 Å². The van der Waals surface area contributed by atoms with Crippen LogP contribution >= 0.6 is 0 Å². The third kappa shape index (κ3) is 42.4. The van der Waals surface area contributed by atoms with Crippen LogP contribution in [0.3, 0.4) is 0 Å². The number of hydrogen-bond donors (Lipinski definition) is 0. The standard InChI is InChI=1S/C6H10.C4H10.C3H6O.CH4/c1-3-5-6-4-2;1-3-4-2;1-3-2-4-3;/h3-6H,1-2H3;3-4H2,1-2H3;3H,2H2,1H3;1H4/b5-3+,6-4+;;;. The van der Waals surface area contributed by atoms with Crippen LogP contribution in [0.4, 0.5) is 0 Å². The summed E-state index contributed by atoms with van der Waals surface area (Å²) in [5.41, 5.74) is 0. The van der Waals surface area contributed by atoms with Crippen LogP contribution < -0.4 is 0 Å². The van der Waals surface area contributed by atoms with E-state index in [1.54, 1.807) is 0 Å². The third-order valence-electron chi connectivity index (χ3n) is 1.50. The maximum absolute atomic E-state index is 4.71. The minimum Gasteiger partial charge on any atom is -0.373 e. The molecule has 0 amide bonds. The molecule has 1 nitrogen and oxygen atoms in total. The minimum atomic E-state index is 0. The Morgan fingerprint density at radius 3 is 1.40 bits per heavy atom. The Kier molecular flexibility index (Phi) is 25.4. The quantitative estimate of drug-likeness (QED) is 0.466. The number of unbranched alkanes of at least 4 members (excludes halogenated alkanes) is 1. The van der Waals surface area contributed by atoms with Crippen LogP contribution in [0, 0.1) is 0 Å². The Balaban J connectivity index is -0.000000143. The molecular formula is C14H30O. The molecule has 0 aromatic rings. The van der Waals surface area contributed by atoms with E-state index < -0.39 is 0 Å². The summed E-state index contributed by atoms with van der Waals surface area (Å²) in [5.74, 6) is 0. The molecule has 1 fully saturated rings. The highest BCUT2D eigenvalue weighted by molar-refractivity contribution is 4.98. The lowest BCUT2D eigenvalue weighted by Crippen LogP contribution is -1.60. The predicted molar refractivity (Wildman–Crippen MR) is 72.4 cm³/mol. The fourth-order valence-electron chi connectivity index (χ4n) is 0.318. The Morgan fingerprint density at radius 1 is 1.07 bits per heavy atom. The monoisotopic (exact) mass is 214 g/mol. The normalized spacial score (nSPS) is 17.3. The molecule has 1 heterocycles. The van der Waals surface area contributed by atoms with E-state index in [0.717, 1.165) is 6.61 Å². The van der Waals surface area contributed by atoms with Crippen molar-refractivity contribution in [2.75, 3.05) is 6.61 Å². The van der Waals surface area contributed by atoms with Gasteiger partial charge >= 0.3 is 0 Å². The maximum Gasteiger partial charge on any atom is 0.0781 e. The summed E-state index contributed by atoms with van der Waals surface area (Å²) in [5, 5.41) is 0. The first kappa shape index (κ1) is 19.9. The smallest absolute Gasteiger partial charge is 0.0781 e. The van der Waals surface area contributed by atoms with E-state index in [1.807, 2.05) is 38.2 Å². The van der Waals surface area contributed by atoms with Crippen LogP contribution in [0.5, 0.6) is 0 Å². The molecule has 15 heavy (non-hydrogen) atoms. The van der Waals surface area contributed by atoms with E-state index in [9.17, 15) is 0 Å². The SMILES string of the molecule is C.C/C=C/C=C/C.CC1CO1.CCCC. The van der Waals surface area contributed by atoms with Gasteiger partial charge in [0.1, 0.15) is 0 Å². The summed E-state index contributed by atoms with van der Waals surface area (Å²) in [6, 6.07) is 0. The van der Waals surface area contributed by atoms with Gasteiger partial charge in [-0.1, -0.05) is 58.4 Å². The Bertz CT molecular complexity index is 120. The third-order valence-corrected chi connectivity index (χ3v) is 1.50. The Labute approximate surface area is 97.2 Å². The van der Waals surface area contributed by atoms with Gasteiger partial charge in [0.25, 0.3) is 0 Å². The zero-order valence-corrected chi connectivity index (χ0v) is 10.4. The molecule has 0 radical (unpaired) electrons. The first-order valence-corrected chi connectivity index (χ1v) is 5.58. The summed E-state index contributed by atoms with van der Waals surface area (Å²) in [4.78, 5) is 0. The lowest BCUT2D eigenvalue weighted by Gasteiger charge is -1.68. The van der Waals surface area contributed by atoms with Crippen molar-refractivity contribution in [1.82, 2.24) is 0 Å². The van der Waals surface area contributed by atoms with Gasteiger partial charge in [0.05, 0.1) is 12.7 Å². The fourth-order valence-corrected chi connectivity index (χ4v) is 0.318. The molecule has 92 valence electrons. The average Bonchev–Trinajstić information content (AvgIpc) is 2.99. The van der Waals surface area contributed by atoms with Crippen LogP contribution in [0.2, 0.25) is 0 Å². The maximum atomic E-state index is 4.71. The number of ether oxygens (including phenoxy) is 1. The van der Waals surface area contributed by atoms with Crippen molar-refractivity contribution in [2.45, 2.75) is 61.0 Å². The van der Waals surface area contributed by atoms with Crippen molar-refractivity contribution in [3.63, 3.8) is 0 Å². The molecule has 0 bridgehead atoms. The van der Waals surface area contributed by atoms with E-state index in [4.69, 9.17) is 4.74 Å². The molecule has 1 aliphatic heterocycles. The molecule has 1 aliphatic rings. The van der Waals surface area contributed by atoms with Gasteiger partial charge in [0.15, 0.2) is 0 Å². The highest BCUT2D eigenvalue weighted by Gasteiger charge is 2.13. The Hall–Kier alpha value is -0.560. The van der Waals surface area contributed by atoms with Gasteiger partial charge in [-0.05, 0) is 20.8 Å².